The number of aromatic nitrogens is 3. The number of para-hydroxylation sites is 2. The maximum atomic E-state index is 12.9. The molecular formula is C28H31N5O3S. The predicted molar refractivity (Wildman–Crippen MR) is 147 cm³/mol. The fourth-order valence-electron chi connectivity index (χ4n) is 3.77. The first-order valence-electron chi connectivity index (χ1n) is 12.1. The van der Waals surface area contributed by atoms with Crippen LogP contribution in [0.25, 0.3) is 5.69 Å². The zero-order chi connectivity index (χ0) is 26.2. The highest BCUT2D eigenvalue weighted by atomic mass is 32.2. The second kappa shape index (κ2) is 12.3. The lowest BCUT2D eigenvalue weighted by atomic mass is 10.2. The summed E-state index contributed by atoms with van der Waals surface area (Å²) in [5.74, 6) is 2.75. The lowest BCUT2D eigenvalue weighted by molar-refractivity contribution is 0.248. The molecule has 0 radical (unpaired) electrons. The normalized spacial score (nSPS) is 11.6. The summed E-state index contributed by atoms with van der Waals surface area (Å²) in [4.78, 5) is 12.9. The average Bonchev–Trinajstić information content (AvgIpc) is 3.33. The number of rotatable bonds is 10. The number of methoxy groups -OCH3 is 1. The van der Waals surface area contributed by atoms with Gasteiger partial charge in [-0.3, -0.25) is 4.57 Å². The van der Waals surface area contributed by atoms with Gasteiger partial charge in [-0.15, -0.1) is 10.2 Å². The standard InChI is InChI=1S/C28H31N5O3S/c1-5-36-25-12-7-6-11-24(25)30-27(34)29-20(3)26-31-32-28(33(26)22-15-13-19(2)14-16-22)37-18-21-9-8-10-23(17-21)35-4/h6-17,20H,5,18H2,1-4H3,(H2,29,30,34). The van der Waals surface area contributed by atoms with Crippen LogP contribution in [0.1, 0.15) is 36.8 Å². The SMILES string of the molecule is CCOc1ccccc1NC(=O)NC(C)c1nnc(SCc2cccc(OC)c2)n1-c1ccc(C)cc1. The molecule has 1 heterocycles. The van der Waals surface area contributed by atoms with Gasteiger partial charge in [0.1, 0.15) is 11.5 Å². The second-order valence-electron chi connectivity index (χ2n) is 8.40. The molecule has 9 heteroatoms. The maximum absolute atomic E-state index is 12.9. The van der Waals surface area contributed by atoms with Gasteiger partial charge in [0.05, 0.1) is 25.4 Å². The Hall–Kier alpha value is -3.98. The van der Waals surface area contributed by atoms with Gasteiger partial charge in [0.2, 0.25) is 0 Å². The van der Waals surface area contributed by atoms with Gasteiger partial charge in [-0.2, -0.15) is 0 Å². The number of hydrogen-bond donors (Lipinski definition) is 2. The lowest BCUT2D eigenvalue weighted by Gasteiger charge is -2.18. The molecule has 192 valence electrons. The summed E-state index contributed by atoms with van der Waals surface area (Å²) in [5, 5.41) is 15.5. The highest BCUT2D eigenvalue weighted by molar-refractivity contribution is 7.98. The highest BCUT2D eigenvalue weighted by Crippen LogP contribution is 2.29. The number of hydrogen-bond acceptors (Lipinski definition) is 6. The molecule has 1 unspecified atom stereocenters. The fraction of sp³-hybridized carbons (Fsp3) is 0.250. The molecule has 2 amide bonds. The Morgan fingerprint density at radius 2 is 1.84 bits per heavy atom. The van der Waals surface area contributed by atoms with E-state index in [0.29, 0.717) is 29.6 Å². The van der Waals surface area contributed by atoms with Crippen molar-refractivity contribution in [3.63, 3.8) is 0 Å². The van der Waals surface area contributed by atoms with Crippen molar-refractivity contribution >= 4 is 23.5 Å². The van der Waals surface area contributed by atoms with Crippen LogP contribution < -0.4 is 20.1 Å². The summed E-state index contributed by atoms with van der Waals surface area (Å²) in [7, 11) is 1.66. The third-order valence-corrected chi connectivity index (χ3v) is 6.62. The molecule has 0 bridgehead atoms. The molecule has 37 heavy (non-hydrogen) atoms. The molecule has 8 nitrogen and oxygen atoms in total. The monoisotopic (exact) mass is 517 g/mol. The number of carbonyl (C=O) groups excluding carboxylic acids is 1. The number of thioether (sulfide) groups is 1. The molecule has 0 saturated heterocycles. The first-order valence-corrected chi connectivity index (χ1v) is 13.0. The number of aryl methyl sites for hydroxylation is 1. The first-order chi connectivity index (χ1) is 18.0. The van der Waals surface area contributed by atoms with Gasteiger partial charge >= 0.3 is 6.03 Å². The van der Waals surface area contributed by atoms with E-state index in [9.17, 15) is 4.79 Å². The Morgan fingerprint density at radius 1 is 1.05 bits per heavy atom. The summed E-state index contributed by atoms with van der Waals surface area (Å²) < 4.78 is 13.0. The van der Waals surface area contributed by atoms with Crippen LogP contribution in [0.3, 0.4) is 0 Å². The minimum absolute atomic E-state index is 0.358. The molecule has 1 aromatic heterocycles. The van der Waals surface area contributed by atoms with Gasteiger partial charge in [-0.05, 0) is 62.7 Å². The van der Waals surface area contributed by atoms with Gasteiger partial charge in [0.25, 0.3) is 0 Å². The van der Waals surface area contributed by atoms with Crippen LogP contribution in [-0.4, -0.2) is 34.5 Å². The number of benzene rings is 3. The Kier molecular flexibility index (Phi) is 8.68. The Balaban J connectivity index is 1.55. The maximum Gasteiger partial charge on any atom is 0.319 e. The van der Waals surface area contributed by atoms with E-state index >= 15 is 0 Å². The van der Waals surface area contributed by atoms with Crippen LogP contribution in [0.2, 0.25) is 0 Å². The third kappa shape index (κ3) is 6.62. The number of carbonyl (C=O) groups is 1. The van der Waals surface area contributed by atoms with E-state index < -0.39 is 6.04 Å². The molecule has 0 aliphatic carbocycles. The van der Waals surface area contributed by atoms with Gasteiger partial charge in [-0.25, -0.2) is 4.79 Å². The van der Waals surface area contributed by atoms with Crippen molar-refractivity contribution in [1.82, 2.24) is 20.1 Å². The van der Waals surface area contributed by atoms with E-state index in [1.54, 1.807) is 24.9 Å². The van der Waals surface area contributed by atoms with Crippen molar-refractivity contribution in [2.45, 2.75) is 37.7 Å². The molecule has 0 spiro atoms. The van der Waals surface area contributed by atoms with Crippen LogP contribution in [0.4, 0.5) is 10.5 Å². The minimum atomic E-state index is -0.417. The van der Waals surface area contributed by atoms with Crippen LogP contribution >= 0.6 is 11.8 Å². The second-order valence-corrected chi connectivity index (χ2v) is 9.34. The molecule has 4 aromatic rings. The summed E-state index contributed by atoms with van der Waals surface area (Å²) in [5.41, 5.74) is 3.79. The largest absolute Gasteiger partial charge is 0.497 e. The predicted octanol–water partition coefficient (Wildman–Crippen LogP) is 6.16. The zero-order valence-corrected chi connectivity index (χ0v) is 22.2. The van der Waals surface area contributed by atoms with Crippen molar-refractivity contribution in [2.24, 2.45) is 0 Å². The van der Waals surface area contributed by atoms with E-state index in [-0.39, 0.29) is 6.03 Å². The van der Waals surface area contributed by atoms with Crippen molar-refractivity contribution in [1.29, 1.82) is 0 Å². The zero-order valence-electron chi connectivity index (χ0n) is 21.4. The molecule has 0 fully saturated rings. The molecule has 1 atom stereocenters. The third-order valence-electron chi connectivity index (χ3n) is 5.62. The Bertz CT molecular complexity index is 1340. The summed E-state index contributed by atoms with van der Waals surface area (Å²) in [6.45, 7) is 6.34. The molecule has 0 aliphatic heterocycles. The van der Waals surface area contributed by atoms with Gasteiger partial charge in [-0.1, -0.05) is 53.7 Å². The summed E-state index contributed by atoms with van der Waals surface area (Å²) in [6, 6.07) is 22.7. The van der Waals surface area contributed by atoms with Crippen molar-refractivity contribution < 1.29 is 14.3 Å². The summed E-state index contributed by atoms with van der Waals surface area (Å²) >= 11 is 1.57. The topological polar surface area (TPSA) is 90.3 Å². The van der Waals surface area contributed by atoms with Crippen LogP contribution in [0, 0.1) is 6.92 Å². The molecule has 3 aromatic carbocycles. The number of ether oxygens (including phenoxy) is 2. The molecule has 0 saturated carbocycles. The van der Waals surface area contributed by atoms with E-state index in [4.69, 9.17) is 9.47 Å². The van der Waals surface area contributed by atoms with E-state index in [1.165, 1.54) is 0 Å². The smallest absolute Gasteiger partial charge is 0.319 e. The van der Waals surface area contributed by atoms with Crippen LogP contribution in [0.15, 0.2) is 78.0 Å². The molecule has 2 N–H and O–H groups in total. The first kappa shape index (κ1) is 26.1. The fourth-order valence-corrected chi connectivity index (χ4v) is 4.67. The summed E-state index contributed by atoms with van der Waals surface area (Å²) in [6.07, 6.45) is 0. The van der Waals surface area contributed by atoms with E-state index in [2.05, 4.69) is 26.9 Å². The number of amides is 2. The van der Waals surface area contributed by atoms with Gasteiger partial charge in [0, 0.05) is 11.4 Å². The van der Waals surface area contributed by atoms with E-state index in [0.717, 1.165) is 27.7 Å². The molecule has 0 aliphatic rings. The highest BCUT2D eigenvalue weighted by Gasteiger charge is 2.21. The van der Waals surface area contributed by atoms with Crippen molar-refractivity contribution in [3.8, 4) is 17.2 Å². The number of nitrogens with zero attached hydrogens (tertiary/aromatic N) is 3. The van der Waals surface area contributed by atoms with Crippen LogP contribution in [-0.2, 0) is 5.75 Å². The quantitative estimate of drug-likeness (QED) is 0.245. The van der Waals surface area contributed by atoms with Gasteiger partial charge < -0.3 is 20.1 Å². The Morgan fingerprint density at radius 3 is 2.59 bits per heavy atom. The minimum Gasteiger partial charge on any atom is -0.497 e. The molecular weight excluding hydrogens is 486 g/mol. The Labute approximate surface area is 221 Å². The number of urea groups is 1. The van der Waals surface area contributed by atoms with Crippen LogP contribution in [0.5, 0.6) is 11.5 Å². The number of nitrogens with one attached hydrogen (secondary N) is 2. The van der Waals surface area contributed by atoms with Crippen molar-refractivity contribution in [3.05, 3.63) is 89.7 Å². The number of anilines is 1. The lowest BCUT2D eigenvalue weighted by Crippen LogP contribution is -2.32. The average molecular weight is 518 g/mol. The van der Waals surface area contributed by atoms with Gasteiger partial charge in [0.15, 0.2) is 11.0 Å². The molecule has 4 rings (SSSR count). The van der Waals surface area contributed by atoms with Crippen molar-refractivity contribution in [2.75, 3.05) is 19.0 Å². The van der Waals surface area contributed by atoms with E-state index in [1.807, 2.05) is 86.0 Å².